The summed E-state index contributed by atoms with van der Waals surface area (Å²) in [7, 11) is 0. The number of nitrogens with zero attached hydrogens (tertiary/aromatic N) is 3. The van der Waals surface area contributed by atoms with Gasteiger partial charge in [-0.25, -0.2) is 4.68 Å². The molecule has 150 valence electrons. The van der Waals surface area contributed by atoms with Gasteiger partial charge in [0.2, 0.25) is 11.9 Å². The number of fused-ring (bicyclic) bond motifs is 1. The minimum absolute atomic E-state index is 0. The van der Waals surface area contributed by atoms with Gasteiger partial charge in [0.05, 0.1) is 0 Å². The lowest BCUT2D eigenvalue weighted by molar-refractivity contribution is -0.118. The van der Waals surface area contributed by atoms with Gasteiger partial charge >= 0.3 is 0 Å². The molecule has 0 spiro atoms. The summed E-state index contributed by atoms with van der Waals surface area (Å²) in [5.41, 5.74) is 2.85. The molecule has 2 heterocycles. The van der Waals surface area contributed by atoms with Gasteiger partial charge in [-0.3, -0.25) is 10.1 Å². The highest BCUT2D eigenvalue weighted by Gasteiger charge is 2.27. The van der Waals surface area contributed by atoms with Crippen LogP contribution in [-0.4, -0.2) is 20.7 Å². The van der Waals surface area contributed by atoms with Crippen LogP contribution in [-0.2, 0) is 4.79 Å². The van der Waals surface area contributed by atoms with E-state index in [1.165, 1.54) is 0 Å². The molecule has 29 heavy (non-hydrogen) atoms. The van der Waals surface area contributed by atoms with Crippen molar-refractivity contribution in [3.63, 3.8) is 0 Å². The fourth-order valence-electron chi connectivity index (χ4n) is 3.02. The van der Waals surface area contributed by atoms with Gasteiger partial charge in [-0.05, 0) is 23.3 Å². The Morgan fingerprint density at radius 2 is 1.83 bits per heavy atom. The Hall–Kier alpha value is -2.83. The highest BCUT2D eigenvalue weighted by Crippen LogP contribution is 2.35. The van der Waals surface area contributed by atoms with E-state index in [0.29, 0.717) is 11.0 Å². The van der Waals surface area contributed by atoms with Crippen LogP contribution < -0.4 is 10.6 Å². The molecule has 1 atom stereocenters. The van der Waals surface area contributed by atoms with Crippen molar-refractivity contribution < 1.29 is 4.79 Å². The summed E-state index contributed by atoms with van der Waals surface area (Å²) in [6, 6.07) is 17.4. The van der Waals surface area contributed by atoms with Crippen LogP contribution in [0.25, 0.3) is 5.70 Å². The number of hydrogen-bond donors (Lipinski definition) is 2. The molecular formula is C21H21Cl2N5O. The maximum atomic E-state index is 12.1. The SMILES string of the molecule is CC(C)C(=O)Nc1nc2n(n1)C(c1ccccc1Cl)C=C(c1ccccc1)N2.Cl. The zero-order chi connectivity index (χ0) is 19.7. The zero-order valence-corrected chi connectivity index (χ0v) is 17.5. The van der Waals surface area contributed by atoms with Crippen LogP contribution in [0.5, 0.6) is 0 Å². The van der Waals surface area contributed by atoms with Crippen LogP contribution in [0, 0.1) is 5.92 Å². The van der Waals surface area contributed by atoms with Gasteiger partial charge in [0.15, 0.2) is 0 Å². The highest BCUT2D eigenvalue weighted by molar-refractivity contribution is 6.31. The quantitative estimate of drug-likeness (QED) is 0.611. The van der Waals surface area contributed by atoms with Gasteiger partial charge < -0.3 is 5.32 Å². The van der Waals surface area contributed by atoms with E-state index in [1.807, 2.05) is 68.4 Å². The Morgan fingerprint density at radius 3 is 2.52 bits per heavy atom. The number of carbonyl (C=O) groups is 1. The number of halogens is 2. The fourth-order valence-corrected chi connectivity index (χ4v) is 3.27. The Bertz CT molecular complexity index is 1050. The van der Waals surface area contributed by atoms with Crippen LogP contribution in [0.4, 0.5) is 11.9 Å². The van der Waals surface area contributed by atoms with Crippen LogP contribution in [0.2, 0.25) is 5.02 Å². The third-order valence-corrected chi connectivity index (χ3v) is 4.88. The Balaban J connectivity index is 0.00000240. The molecule has 8 heteroatoms. The number of nitrogens with one attached hydrogen (secondary N) is 2. The van der Waals surface area contributed by atoms with E-state index in [-0.39, 0.29) is 36.2 Å². The molecular weight excluding hydrogens is 409 g/mol. The van der Waals surface area contributed by atoms with Crippen molar-refractivity contribution in [2.24, 2.45) is 5.92 Å². The molecule has 1 aliphatic heterocycles. The normalized spacial score (nSPS) is 15.0. The van der Waals surface area contributed by atoms with Crippen molar-refractivity contribution in [1.82, 2.24) is 14.8 Å². The first kappa shape index (κ1) is 20.9. The molecule has 0 saturated heterocycles. The van der Waals surface area contributed by atoms with Gasteiger partial charge in [-0.15, -0.1) is 17.5 Å². The molecule has 1 amide bonds. The number of carbonyl (C=O) groups excluding carboxylic acids is 1. The number of hydrogen-bond acceptors (Lipinski definition) is 4. The van der Waals surface area contributed by atoms with Gasteiger partial charge in [0.25, 0.3) is 5.95 Å². The molecule has 0 radical (unpaired) electrons. The van der Waals surface area contributed by atoms with Crippen molar-refractivity contribution in [2.45, 2.75) is 19.9 Å². The number of allylic oxidation sites excluding steroid dienone is 1. The zero-order valence-electron chi connectivity index (χ0n) is 16.0. The third-order valence-electron chi connectivity index (χ3n) is 4.53. The van der Waals surface area contributed by atoms with Crippen LogP contribution in [0.3, 0.4) is 0 Å². The van der Waals surface area contributed by atoms with Gasteiger partial charge in [-0.2, -0.15) is 4.98 Å². The predicted molar refractivity (Wildman–Crippen MR) is 118 cm³/mol. The number of benzene rings is 2. The lowest BCUT2D eigenvalue weighted by Gasteiger charge is -2.24. The monoisotopic (exact) mass is 429 g/mol. The average Bonchev–Trinajstić information content (AvgIpc) is 3.10. The van der Waals surface area contributed by atoms with Crippen LogP contribution in [0.15, 0.2) is 60.7 Å². The highest BCUT2D eigenvalue weighted by atomic mass is 35.5. The lowest BCUT2D eigenvalue weighted by Crippen LogP contribution is -2.21. The van der Waals surface area contributed by atoms with Crippen molar-refractivity contribution in [2.75, 3.05) is 10.6 Å². The number of rotatable bonds is 4. The van der Waals surface area contributed by atoms with Crippen LogP contribution in [0.1, 0.15) is 31.0 Å². The van der Waals surface area contributed by atoms with Crippen LogP contribution >= 0.6 is 24.0 Å². The largest absolute Gasteiger partial charge is 0.324 e. The van der Waals surface area contributed by atoms with E-state index < -0.39 is 0 Å². The summed E-state index contributed by atoms with van der Waals surface area (Å²) >= 11 is 6.47. The Labute approximate surface area is 180 Å². The van der Waals surface area contributed by atoms with Gasteiger partial charge in [-0.1, -0.05) is 74.0 Å². The summed E-state index contributed by atoms with van der Waals surface area (Å²) in [4.78, 5) is 16.5. The second kappa shape index (κ2) is 8.68. The van der Waals surface area contributed by atoms with E-state index in [1.54, 1.807) is 4.68 Å². The molecule has 1 unspecified atom stereocenters. The molecule has 1 aromatic heterocycles. The molecule has 2 aromatic carbocycles. The first-order chi connectivity index (χ1) is 13.5. The first-order valence-corrected chi connectivity index (χ1v) is 9.47. The molecule has 2 N–H and O–H groups in total. The van der Waals surface area contributed by atoms with E-state index in [0.717, 1.165) is 16.8 Å². The molecule has 6 nitrogen and oxygen atoms in total. The van der Waals surface area contributed by atoms with Crippen molar-refractivity contribution >= 4 is 47.5 Å². The smallest absolute Gasteiger partial charge is 0.250 e. The molecule has 0 fully saturated rings. The number of anilines is 2. The maximum absolute atomic E-state index is 12.1. The number of aromatic nitrogens is 3. The maximum Gasteiger partial charge on any atom is 0.250 e. The summed E-state index contributed by atoms with van der Waals surface area (Å²) in [5.74, 6) is 0.519. The second-order valence-electron chi connectivity index (χ2n) is 6.89. The van der Waals surface area contributed by atoms with Gasteiger partial charge in [0, 0.05) is 16.6 Å². The van der Waals surface area contributed by atoms with E-state index >= 15 is 0 Å². The summed E-state index contributed by atoms with van der Waals surface area (Å²) in [6.45, 7) is 3.65. The molecule has 0 saturated carbocycles. The van der Waals surface area contributed by atoms with Crippen molar-refractivity contribution in [1.29, 1.82) is 0 Å². The van der Waals surface area contributed by atoms with E-state index in [9.17, 15) is 4.79 Å². The molecule has 1 aliphatic rings. The molecule has 0 aliphatic carbocycles. The number of amides is 1. The summed E-state index contributed by atoms with van der Waals surface area (Å²) in [6.07, 6.45) is 2.06. The predicted octanol–water partition coefficient (Wildman–Crippen LogP) is 5.00. The van der Waals surface area contributed by atoms with Crippen molar-refractivity contribution in [3.8, 4) is 0 Å². The topological polar surface area (TPSA) is 71.8 Å². The standard InChI is InChI=1S/C21H20ClN5O.ClH/c1-13(2)19(28)24-20-25-21-23-17(14-8-4-3-5-9-14)12-18(27(21)26-20)15-10-6-7-11-16(15)22;/h3-13,18H,1-2H3,(H2,23,24,25,26,28);1H. The van der Waals surface area contributed by atoms with E-state index in [2.05, 4.69) is 26.8 Å². The molecule has 4 rings (SSSR count). The molecule has 3 aromatic rings. The second-order valence-corrected chi connectivity index (χ2v) is 7.29. The summed E-state index contributed by atoms with van der Waals surface area (Å²) in [5, 5.41) is 11.2. The fraction of sp³-hybridized carbons (Fsp3) is 0.190. The minimum Gasteiger partial charge on any atom is -0.324 e. The average molecular weight is 430 g/mol. The summed E-state index contributed by atoms with van der Waals surface area (Å²) < 4.78 is 1.74. The Morgan fingerprint density at radius 1 is 1.14 bits per heavy atom. The lowest BCUT2D eigenvalue weighted by atomic mass is 10.0. The van der Waals surface area contributed by atoms with Gasteiger partial charge in [0.1, 0.15) is 6.04 Å². The Kier molecular flexibility index (Phi) is 6.25. The minimum atomic E-state index is -0.252. The third kappa shape index (κ3) is 4.28. The first-order valence-electron chi connectivity index (χ1n) is 9.09. The molecule has 0 bridgehead atoms. The van der Waals surface area contributed by atoms with E-state index in [4.69, 9.17) is 11.6 Å². The van der Waals surface area contributed by atoms with Crippen molar-refractivity contribution in [3.05, 3.63) is 76.8 Å².